The Kier molecular flexibility index (Phi) is 8.58. The van der Waals surface area contributed by atoms with Gasteiger partial charge in [-0.25, -0.2) is 4.98 Å². The van der Waals surface area contributed by atoms with E-state index in [0.717, 1.165) is 67.2 Å². The Labute approximate surface area is 211 Å². The molecule has 1 fully saturated rings. The Hall–Kier alpha value is -1.58. The number of rotatable bonds is 10. The van der Waals surface area contributed by atoms with Gasteiger partial charge in [0.25, 0.3) is 0 Å². The van der Waals surface area contributed by atoms with Crippen molar-refractivity contribution >= 4 is 23.4 Å². The fraction of sp³-hybridized carbons (Fsp3) is 0.600. The number of aliphatic hydroxyl groups excluding tert-OH is 1. The summed E-state index contributed by atoms with van der Waals surface area (Å²) in [5, 5.41) is 12.1. The summed E-state index contributed by atoms with van der Waals surface area (Å²) in [6.45, 7) is 5.03. The Morgan fingerprint density at radius 3 is 2.79 bits per heavy atom. The van der Waals surface area contributed by atoms with Gasteiger partial charge in [0, 0.05) is 56.6 Å². The van der Waals surface area contributed by atoms with Gasteiger partial charge in [-0.1, -0.05) is 36.7 Å². The van der Waals surface area contributed by atoms with Gasteiger partial charge in [-0.2, -0.15) is 4.98 Å². The lowest BCUT2D eigenvalue weighted by Gasteiger charge is -2.39. The van der Waals surface area contributed by atoms with E-state index in [-0.39, 0.29) is 12.2 Å². The smallest absolute Gasteiger partial charge is 0.221 e. The topological polar surface area (TPSA) is 76.9 Å². The van der Waals surface area contributed by atoms with Crippen LogP contribution in [-0.4, -0.2) is 71.3 Å². The second-order valence-corrected chi connectivity index (χ2v) is 10.3. The van der Waals surface area contributed by atoms with Crippen LogP contribution in [0.5, 0.6) is 11.6 Å². The van der Waals surface area contributed by atoms with E-state index in [9.17, 15) is 5.11 Å². The third kappa shape index (κ3) is 5.97. The van der Waals surface area contributed by atoms with Crippen molar-refractivity contribution in [1.29, 1.82) is 0 Å². The number of β-amino-alcohol motifs (C(OH)–C–C–N with tert-alkyl or cyclic N) is 1. The van der Waals surface area contributed by atoms with Crippen LogP contribution in [-0.2, 0) is 24.2 Å². The summed E-state index contributed by atoms with van der Waals surface area (Å²) in [6.07, 6.45) is 5.84. The highest BCUT2D eigenvalue weighted by molar-refractivity contribution is 7.98. The normalized spacial score (nSPS) is 18.0. The number of hydrogen-bond acceptors (Lipinski definition) is 8. The van der Waals surface area contributed by atoms with Crippen LogP contribution >= 0.6 is 23.4 Å². The number of fused-ring (bicyclic) bond motifs is 1. The van der Waals surface area contributed by atoms with Crippen LogP contribution in [0.3, 0.4) is 0 Å². The largest absolute Gasteiger partial charge is 0.487 e. The Morgan fingerprint density at radius 2 is 2.09 bits per heavy atom. The average Bonchev–Trinajstić information content (AvgIpc) is 3.17. The predicted octanol–water partition coefficient (Wildman–Crippen LogP) is 4.16. The van der Waals surface area contributed by atoms with Crippen molar-refractivity contribution in [2.45, 2.75) is 62.5 Å². The van der Waals surface area contributed by atoms with Gasteiger partial charge in [0.15, 0.2) is 5.16 Å². The molecule has 1 aromatic heterocycles. The van der Waals surface area contributed by atoms with E-state index >= 15 is 0 Å². The first kappa shape index (κ1) is 25.5. The van der Waals surface area contributed by atoms with Crippen LogP contribution in [0.15, 0.2) is 23.4 Å². The number of aliphatic hydroxyl groups is 1. The summed E-state index contributed by atoms with van der Waals surface area (Å²) < 4.78 is 17.7. The van der Waals surface area contributed by atoms with Gasteiger partial charge in [-0.05, 0) is 36.4 Å². The van der Waals surface area contributed by atoms with Gasteiger partial charge >= 0.3 is 0 Å². The third-order valence-electron chi connectivity index (χ3n) is 6.51. The lowest BCUT2D eigenvalue weighted by molar-refractivity contribution is -0.00239. The third-order valence-corrected chi connectivity index (χ3v) is 7.29. The first-order valence-electron chi connectivity index (χ1n) is 11.9. The highest BCUT2D eigenvalue weighted by Crippen LogP contribution is 2.42. The number of methoxy groups -OCH3 is 1. The average molecular weight is 508 g/mol. The Morgan fingerprint density at radius 1 is 1.29 bits per heavy atom. The number of ether oxygens (including phenoxy) is 3. The fourth-order valence-corrected chi connectivity index (χ4v) is 5.37. The fourth-order valence-electron chi connectivity index (χ4n) is 4.80. The highest BCUT2D eigenvalue weighted by atomic mass is 35.5. The van der Waals surface area contributed by atoms with E-state index in [4.69, 9.17) is 25.8 Å². The minimum Gasteiger partial charge on any atom is -0.487 e. The zero-order valence-electron chi connectivity index (χ0n) is 20.2. The first-order chi connectivity index (χ1) is 16.4. The molecule has 2 aliphatic heterocycles. The first-order valence-corrected chi connectivity index (χ1v) is 13.5. The summed E-state index contributed by atoms with van der Waals surface area (Å²) in [6, 6.07) is 5.87. The molecule has 1 unspecified atom stereocenters. The Bertz CT molecular complexity index is 985. The molecule has 1 N–H and O–H groups in total. The molecular formula is C25H34ClN3O4S. The number of aromatic nitrogens is 2. The van der Waals surface area contributed by atoms with Crippen LogP contribution < -0.4 is 9.47 Å². The van der Waals surface area contributed by atoms with Gasteiger partial charge in [0.1, 0.15) is 24.1 Å². The second-order valence-electron chi connectivity index (χ2n) is 9.10. The van der Waals surface area contributed by atoms with Crippen molar-refractivity contribution in [2.24, 2.45) is 0 Å². The number of benzene rings is 1. The van der Waals surface area contributed by atoms with Crippen LogP contribution in [0, 0.1) is 0 Å². The molecule has 0 bridgehead atoms. The number of thioether (sulfide) groups is 1. The molecule has 3 heterocycles. The molecule has 1 aromatic carbocycles. The second kappa shape index (κ2) is 11.4. The lowest BCUT2D eigenvalue weighted by Crippen LogP contribution is -2.49. The predicted molar refractivity (Wildman–Crippen MR) is 134 cm³/mol. The van der Waals surface area contributed by atoms with Gasteiger partial charge in [0.05, 0.1) is 12.3 Å². The SMILES string of the molecule is CCCc1c(COC)nc(SC)nc1OCC(O)CN1CCC2(CC1)Cc1cc(Cl)ccc1O2. The number of likely N-dealkylation sites (tertiary alicyclic amines) is 1. The van der Waals surface area contributed by atoms with Crippen molar-refractivity contribution in [3.63, 3.8) is 0 Å². The van der Waals surface area contributed by atoms with Gasteiger partial charge in [-0.3, -0.25) is 0 Å². The van der Waals surface area contributed by atoms with Gasteiger partial charge < -0.3 is 24.2 Å². The van der Waals surface area contributed by atoms with Crippen molar-refractivity contribution in [3.8, 4) is 11.6 Å². The zero-order chi connectivity index (χ0) is 24.1. The summed E-state index contributed by atoms with van der Waals surface area (Å²) in [5.74, 6) is 1.51. The van der Waals surface area contributed by atoms with E-state index in [1.54, 1.807) is 7.11 Å². The monoisotopic (exact) mass is 507 g/mol. The minimum absolute atomic E-state index is 0.146. The molecule has 186 valence electrons. The maximum absolute atomic E-state index is 10.7. The number of nitrogens with zero attached hydrogens (tertiary/aromatic N) is 3. The molecular weight excluding hydrogens is 474 g/mol. The van der Waals surface area contributed by atoms with Crippen LogP contribution in [0.25, 0.3) is 0 Å². The van der Waals surface area contributed by atoms with E-state index in [0.29, 0.717) is 24.2 Å². The molecule has 2 aliphatic rings. The van der Waals surface area contributed by atoms with E-state index in [1.165, 1.54) is 17.3 Å². The van der Waals surface area contributed by atoms with E-state index in [1.807, 2.05) is 24.5 Å². The summed E-state index contributed by atoms with van der Waals surface area (Å²) >= 11 is 7.63. The van der Waals surface area contributed by atoms with Gasteiger partial charge in [-0.15, -0.1) is 0 Å². The van der Waals surface area contributed by atoms with Crippen LogP contribution in [0.2, 0.25) is 5.02 Å². The molecule has 9 heteroatoms. The molecule has 0 aliphatic carbocycles. The zero-order valence-corrected chi connectivity index (χ0v) is 21.8. The standard InChI is InChI=1S/C25H34ClN3O4S/c1-4-5-20-21(16-31-2)27-24(34-3)28-23(20)32-15-19(30)14-29-10-8-25(9-11-29)13-17-12-18(26)6-7-22(17)33-25/h6-7,12,19,30H,4-5,8-11,13-16H2,1-3H3. The molecule has 1 saturated heterocycles. The quantitative estimate of drug-likeness (QED) is 0.379. The van der Waals surface area contributed by atoms with Crippen LogP contribution in [0.4, 0.5) is 0 Å². The molecule has 1 atom stereocenters. The summed E-state index contributed by atoms with van der Waals surface area (Å²) in [4.78, 5) is 11.4. The maximum Gasteiger partial charge on any atom is 0.221 e. The van der Waals surface area contributed by atoms with Crippen molar-refractivity contribution in [1.82, 2.24) is 14.9 Å². The molecule has 7 nitrogen and oxygen atoms in total. The number of piperidine rings is 1. The summed E-state index contributed by atoms with van der Waals surface area (Å²) in [5.41, 5.74) is 2.87. The molecule has 4 rings (SSSR count). The van der Waals surface area contributed by atoms with Crippen molar-refractivity contribution in [3.05, 3.63) is 40.0 Å². The number of halogens is 1. The maximum atomic E-state index is 10.7. The highest BCUT2D eigenvalue weighted by Gasteiger charge is 2.42. The molecule has 0 amide bonds. The molecule has 2 aromatic rings. The Balaban J connectivity index is 1.31. The summed E-state index contributed by atoms with van der Waals surface area (Å²) in [7, 11) is 1.66. The van der Waals surface area contributed by atoms with Crippen molar-refractivity contribution in [2.75, 3.05) is 39.6 Å². The van der Waals surface area contributed by atoms with Crippen LogP contribution in [0.1, 0.15) is 43.0 Å². The van der Waals surface area contributed by atoms with E-state index < -0.39 is 6.10 Å². The van der Waals surface area contributed by atoms with E-state index in [2.05, 4.69) is 21.8 Å². The molecule has 34 heavy (non-hydrogen) atoms. The van der Waals surface area contributed by atoms with Gasteiger partial charge in [0.2, 0.25) is 5.88 Å². The molecule has 0 saturated carbocycles. The number of hydrogen-bond donors (Lipinski definition) is 1. The minimum atomic E-state index is -0.609. The molecule has 1 spiro atoms. The lowest BCUT2D eigenvalue weighted by atomic mass is 9.87. The molecule has 0 radical (unpaired) electrons. The van der Waals surface area contributed by atoms with Crippen molar-refractivity contribution < 1.29 is 19.3 Å².